The van der Waals surface area contributed by atoms with Crippen LogP contribution in [-0.4, -0.2) is 28.8 Å². The normalized spacial score (nSPS) is 12.4. The van der Waals surface area contributed by atoms with Gasteiger partial charge in [-0.15, -0.1) is 0 Å². The molecule has 1 heterocycles. The van der Waals surface area contributed by atoms with Crippen LogP contribution in [0.1, 0.15) is 16.8 Å². The van der Waals surface area contributed by atoms with Crippen molar-refractivity contribution >= 4 is 33.7 Å². The molecule has 1 aromatic heterocycles. The molecule has 4 rings (SSSR count). The molecule has 0 amide bonds. The number of carbonyl (C=O) groups is 1. The van der Waals surface area contributed by atoms with Crippen molar-refractivity contribution in [3.05, 3.63) is 89.3 Å². The topological polar surface area (TPSA) is 62.3 Å². The molecule has 0 radical (unpaired) electrons. The average molecular weight is 425 g/mol. The zero-order valence-electron chi connectivity index (χ0n) is 16.2. The van der Waals surface area contributed by atoms with Gasteiger partial charge in [0.1, 0.15) is 0 Å². The van der Waals surface area contributed by atoms with Crippen LogP contribution in [0, 0.1) is 0 Å². The minimum atomic E-state index is -4.61. The number of hydrogen-bond donors (Lipinski definition) is 2. The van der Waals surface area contributed by atoms with E-state index in [2.05, 4.69) is 40.1 Å². The molecule has 2 N–H and O–H groups in total. The first-order chi connectivity index (χ1) is 14.8. The maximum Gasteiger partial charge on any atom is 0.422 e. The molecule has 0 saturated heterocycles. The maximum absolute atomic E-state index is 12.3. The third-order valence-corrected chi connectivity index (χ3v) is 4.81. The largest absolute Gasteiger partial charge is 0.477 e. The number of nitrogens with one attached hydrogen (secondary N) is 1. The smallest absolute Gasteiger partial charge is 0.422 e. The fourth-order valence-electron chi connectivity index (χ4n) is 3.44. The number of H-pyrrole nitrogens is 1. The van der Waals surface area contributed by atoms with E-state index in [0.29, 0.717) is 12.0 Å². The van der Waals surface area contributed by atoms with Gasteiger partial charge in [0.25, 0.3) is 0 Å². The first kappa shape index (κ1) is 20.5. The van der Waals surface area contributed by atoms with E-state index in [1.54, 1.807) is 18.2 Å². The number of carboxylic acid groups (broad SMARTS) is 1. The Balaban J connectivity index is 1.57. The molecule has 4 aromatic rings. The summed E-state index contributed by atoms with van der Waals surface area (Å²) in [7, 11) is 0. The molecule has 3 aromatic carbocycles. The highest BCUT2D eigenvalue weighted by atomic mass is 19.4. The molecule has 0 bridgehead atoms. The number of carboxylic acids is 1. The molecule has 0 atom stereocenters. The lowest BCUT2D eigenvalue weighted by molar-refractivity contribution is -0.169. The zero-order valence-corrected chi connectivity index (χ0v) is 16.2. The molecule has 158 valence electrons. The van der Waals surface area contributed by atoms with Crippen LogP contribution < -0.4 is 0 Å². The number of rotatable bonds is 6. The number of hydrogen-bond acceptors (Lipinski definition) is 2. The van der Waals surface area contributed by atoms with E-state index in [9.17, 15) is 18.0 Å². The SMILES string of the molecule is O=C(O)/C(=C/c1ccc2[nH]c(Cc3ccc4ccccc4c3)cc2c1)OCC(F)(F)F. The number of alkyl halides is 3. The predicted octanol–water partition coefficient (Wildman–Crippen LogP) is 5.92. The molecule has 0 unspecified atom stereocenters. The van der Waals surface area contributed by atoms with Crippen molar-refractivity contribution in [1.29, 1.82) is 0 Å². The second-order valence-electron chi connectivity index (χ2n) is 7.22. The fourth-order valence-corrected chi connectivity index (χ4v) is 3.44. The quantitative estimate of drug-likeness (QED) is 0.298. The highest BCUT2D eigenvalue weighted by Gasteiger charge is 2.29. The molecule has 0 aliphatic carbocycles. The predicted molar refractivity (Wildman–Crippen MR) is 113 cm³/mol. The van der Waals surface area contributed by atoms with Gasteiger partial charge in [-0.1, -0.05) is 48.5 Å². The number of fused-ring (bicyclic) bond motifs is 2. The highest BCUT2D eigenvalue weighted by molar-refractivity contribution is 5.91. The van der Waals surface area contributed by atoms with E-state index >= 15 is 0 Å². The van der Waals surface area contributed by atoms with Gasteiger partial charge in [-0.2, -0.15) is 13.2 Å². The molecule has 4 nitrogen and oxygen atoms in total. The summed E-state index contributed by atoms with van der Waals surface area (Å²) in [5.74, 6) is -2.32. The van der Waals surface area contributed by atoms with Crippen LogP contribution in [0.4, 0.5) is 13.2 Å². The van der Waals surface area contributed by atoms with Gasteiger partial charge in [0.2, 0.25) is 5.76 Å². The number of ether oxygens (including phenoxy) is 1. The molecule has 7 heteroatoms. The van der Waals surface area contributed by atoms with Crippen molar-refractivity contribution in [3.8, 4) is 0 Å². The molecule has 0 spiro atoms. The van der Waals surface area contributed by atoms with Crippen LogP contribution in [-0.2, 0) is 16.0 Å². The third kappa shape index (κ3) is 5.06. The van der Waals surface area contributed by atoms with Crippen LogP contribution >= 0.6 is 0 Å². The summed E-state index contributed by atoms with van der Waals surface area (Å²) >= 11 is 0. The van der Waals surface area contributed by atoms with Crippen molar-refractivity contribution in [2.24, 2.45) is 0 Å². The average Bonchev–Trinajstić information content (AvgIpc) is 3.11. The molecule has 0 aliphatic rings. The molecule has 31 heavy (non-hydrogen) atoms. The summed E-state index contributed by atoms with van der Waals surface area (Å²) in [6.07, 6.45) is -2.85. The Morgan fingerprint density at radius 3 is 2.48 bits per heavy atom. The van der Waals surface area contributed by atoms with Gasteiger partial charge in [0, 0.05) is 23.0 Å². The van der Waals surface area contributed by atoms with Crippen molar-refractivity contribution in [2.75, 3.05) is 6.61 Å². The number of aromatic amines is 1. The van der Waals surface area contributed by atoms with Crippen LogP contribution in [0.15, 0.2) is 72.5 Å². The van der Waals surface area contributed by atoms with Gasteiger partial charge in [-0.25, -0.2) is 4.79 Å². The van der Waals surface area contributed by atoms with Crippen LogP contribution in [0.25, 0.3) is 27.8 Å². The van der Waals surface area contributed by atoms with Crippen LogP contribution in [0.3, 0.4) is 0 Å². The van der Waals surface area contributed by atoms with Gasteiger partial charge in [0.15, 0.2) is 6.61 Å². The lowest BCUT2D eigenvalue weighted by atomic mass is 10.0. The Morgan fingerprint density at radius 2 is 1.74 bits per heavy atom. The number of halogens is 3. The maximum atomic E-state index is 12.3. The molecule has 0 saturated carbocycles. The molecule has 0 aliphatic heterocycles. The first-order valence-corrected chi connectivity index (χ1v) is 9.51. The third-order valence-electron chi connectivity index (χ3n) is 4.81. The molecular formula is C24H18F3NO3. The summed E-state index contributed by atoms with van der Waals surface area (Å²) < 4.78 is 41.5. The van der Waals surface area contributed by atoms with E-state index in [-0.39, 0.29) is 0 Å². The summed E-state index contributed by atoms with van der Waals surface area (Å²) in [5, 5.41) is 12.3. The number of benzene rings is 3. The highest BCUT2D eigenvalue weighted by Crippen LogP contribution is 2.23. The van der Waals surface area contributed by atoms with Gasteiger partial charge in [0.05, 0.1) is 0 Å². The van der Waals surface area contributed by atoms with Crippen LogP contribution in [0.5, 0.6) is 0 Å². The Kier molecular flexibility index (Phi) is 5.42. The van der Waals surface area contributed by atoms with E-state index in [0.717, 1.165) is 33.6 Å². The number of aliphatic carboxylic acids is 1. The fraction of sp³-hybridized carbons (Fsp3) is 0.125. The summed E-state index contributed by atoms with van der Waals surface area (Å²) in [5.41, 5.74) is 3.39. The van der Waals surface area contributed by atoms with Crippen molar-refractivity contribution < 1.29 is 27.8 Å². The van der Waals surface area contributed by atoms with Gasteiger partial charge < -0.3 is 14.8 Å². The number of aromatic nitrogens is 1. The van der Waals surface area contributed by atoms with Crippen LogP contribution in [0.2, 0.25) is 0 Å². The Bertz CT molecular complexity index is 1290. The Labute approximate surface area is 175 Å². The first-order valence-electron chi connectivity index (χ1n) is 9.51. The van der Waals surface area contributed by atoms with Crippen molar-refractivity contribution in [2.45, 2.75) is 12.6 Å². The second-order valence-corrected chi connectivity index (χ2v) is 7.22. The molecular weight excluding hydrogens is 407 g/mol. The van der Waals surface area contributed by atoms with Gasteiger partial charge in [-0.05, 0) is 46.2 Å². The molecule has 0 fully saturated rings. The zero-order chi connectivity index (χ0) is 22.0. The minimum Gasteiger partial charge on any atom is -0.477 e. The van der Waals surface area contributed by atoms with Crippen molar-refractivity contribution in [3.63, 3.8) is 0 Å². The minimum absolute atomic E-state index is 0.434. The monoisotopic (exact) mass is 425 g/mol. The van der Waals surface area contributed by atoms with Crippen molar-refractivity contribution in [1.82, 2.24) is 4.98 Å². The Morgan fingerprint density at radius 1 is 0.968 bits per heavy atom. The summed E-state index contributed by atoms with van der Waals surface area (Å²) in [4.78, 5) is 14.5. The van der Waals surface area contributed by atoms with E-state index in [1.165, 1.54) is 5.39 Å². The van der Waals surface area contributed by atoms with Gasteiger partial charge in [-0.3, -0.25) is 0 Å². The standard InChI is InChI=1S/C24H18F3NO3/c25-24(26,27)14-31-22(23(29)30)12-16-6-8-21-19(10-16)13-20(28-21)11-15-5-7-17-3-1-2-4-18(17)9-15/h1-10,12-13,28H,11,14H2,(H,29,30)/b22-12-. The Hall–Kier alpha value is -3.74. The lowest BCUT2D eigenvalue weighted by Gasteiger charge is -2.09. The van der Waals surface area contributed by atoms with E-state index in [1.807, 2.05) is 18.2 Å². The second kappa shape index (κ2) is 8.18. The van der Waals surface area contributed by atoms with Gasteiger partial charge >= 0.3 is 12.1 Å². The summed E-state index contributed by atoms with van der Waals surface area (Å²) in [6, 6.07) is 21.4. The lowest BCUT2D eigenvalue weighted by Crippen LogP contribution is -2.19. The summed E-state index contributed by atoms with van der Waals surface area (Å²) in [6.45, 7) is -1.66. The van der Waals surface area contributed by atoms with E-state index in [4.69, 9.17) is 5.11 Å². The van der Waals surface area contributed by atoms with E-state index < -0.39 is 24.5 Å².